The molecule has 0 bridgehead atoms. The Hall–Kier alpha value is -1.02. The second-order valence-corrected chi connectivity index (χ2v) is 8.97. The summed E-state index contributed by atoms with van der Waals surface area (Å²) in [5, 5.41) is 19.5. The fourth-order valence-corrected chi connectivity index (χ4v) is 4.78. The number of nitrogens with zero attached hydrogens (tertiary/aromatic N) is 1. The van der Waals surface area contributed by atoms with Crippen molar-refractivity contribution in [2.45, 2.75) is 58.0 Å². The molecular formula is C18H28BNO4S. The molecule has 0 aromatic heterocycles. The standard InChI is InChI=1S/C18H28BNO4S/c1-12(2)15-7-6-13(8-16(15)17(21)22)9-24-10-14-11-25-18(3,4)20(14)19(5)23/h6-8,12,14,23H,9-11H2,1-5H3,(H,21,22). The van der Waals surface area contributed by atoms with Crippen molar-refractivity contribution >= 4 is 24.8 Å². The third-order valence-electron chi connectivity index (χ3n) is 4.60. The van der Waals surface area contributed by atoms with Crippen LogP contribution in [0.5, 0.6) is 0 Å². The van der Waals surface area contributed by atoms with Crippen LogP contribution in [0.1, 0.15) is 55.1 Å². The van der Waals surface area contributed by atoms with Crippen molar-refractivity contribution in [1.29, 1.82) is 0 Å². The van der Waals surface area contributed by atoms with E-state index in [1.54, 1.807) is 12.9 Å². The molecule has 1 fully saturated rings. The normalized spacial score (nSPS) is 20.2. The Bertz CT molecular complexity index is 621. The smallest absolute Gasteiger partial charge is 0.377 e. The summed E-state index contributed by atoms with van der Waals surface area (Å²) < 4.78 is 5.85. The van der Waals surface area contributed by atoms with Gasteiger partial charge in [-0.1, -0.05) is 26.0 Å². The summed E-state index contributed by atoms with van der Waals surface area (Å²) in [7, 11) is -0.525. The molecule has 1 heterocycles. The number of carboxylic acid groups (broad SMARTS) is 1. The summed E-state index contributed by atoms with van der Waals surface area (Å²) in [5.41, 5.74) is 2.04. The van der Waals surface area contributed by atoms with E-state index in [0.717, 1.165) is 16.9 Å². The molecule has 2 N–H and O–H groups in total. The fourth-order valence-electron chi connectivity index (χ4n) is 3.47. The molecule has 5 nitrogen and oxygen atoms in total. The first kappa shape index (κ1) is 20.3. The summed E-state index contributed by atoms with van der Waals surface area (Å²) in [6.45, 7) is 10.8. The van der Waals surface area contributed by atoms with Gasteiger partial charge in [0, 0.05) is 11.8 Å². The number of thioether (sulfide) groups is 1. The Morgan fingerprint density at radius 2 is 2.16 bits per heavy atom. The fraction of sp³-hybridized carbons (Fsp3) is 0.611. The van der Waals surface area contributed by atoms with Gasteiger partial charge in [0.2, 0.25) is 0 Å². The lowest BCUT2D eigenvalue weighted by molar-refractivity contribution is 0.0688. The van der Waals surface area contributed by atoms with Crippen molar-refractivity contribution in [3.63, 3.8) is 0 Å². The number of benzene rings is 1. The molecular weight excluding hydrogens is 337 g/mol. The van der Waals surface area contributed by atoms with Gasteiger partial charge < -0.3 is 14.9 Å². The highest BCUT2D eigenvalue weighted by molar-refractivity contribution is 8.00. The number of carboxylic acids is 1. The number of hydrogen-bond acceptors (Lipinski definition) is 5. The molecule has 7 heteroatoms. The van der Waals surface area contributed by atoms with Gasteiger partial charge in [0.15, 0.2) is 0 Å². The minimum absolute atomic E-state index is 0.114. The number of ether oxygens (including phenoxy) is 1. The number of carbonyl (C=O) groups is 1. The van der Waals surface area contributed by atoms with E-state index in [1.807, 2.05) is 37.7 Å². The van der Waals surface area contributed by atoms with E-state index in [2.05, 4.69) is 18.7 Å². The Balaban J connectivity index is 2.00. The monoisotopic (exact) mass is 365 g/mol. The van der Waals surface area contributed by atoms with Crippen LogP contribution < -0.4 is 0 Å². The SMILES string of the molecule is CB(O)N1C(COCc2ccc(C(C)C)c(C(=O)O)c2)CSC1(C)C. The minimum Gasteiger partial charge on any atom is -0.478 e. The first-order valence-electron chi connectivity index (χ1n) is 8.67. The summed E-state index contributed by atoms with van der Waals surface area (Å²) in [4.78, 5) is 13.4. The van der Waals surface area contributed by atoms with Crippen molar-refractivity contribution in [2.75, 3.05) is 12.4 Å². The lowest BCUT2D eigenvalue weighted by atomic mass is 9.81. The largest absolute Gasteiger partial charge is 0.478 e. The van der Waals surface area contributed by atoms with Gasteiger partial charge in [-0.2, -0.15) is 0 Å². The molecule has 2 rings (SSSR count). The molecule has 0 aliphatic carbocycles. The molecule has 0 spiro atoms. The Morgan fingerprint density at radius 1 is 1.48 bits per heavy atom. The number of hydrogen-bond donors (Lipinski definition) is 2. The highest BCUT2D eigenvalue weighted by atomic mass is 32.2. The molecule has 0 radical (unpaired) electrons. The zero-order chi connectivity index (χ0) is 18.8. The average molecular weight is 365 g/mol. The van der Waals surface area contributed by atoms with Crippen molar-refractivity contribution in [3.8, 4) is 0 Å². The molecule has 1 unspecified atom stereocenters. The Morgan fingerprint density at radius 3 is 2.72 bits per heavy atom. The van der Waals surface area contributed by atoms with E-state index < -0.39 is 13.0 Å². The summed E-state index contributed by atoms with van der Waals surface area (Å²) >= 11 is 1.81. The summed E-state index contributed by atoms with van der Waals surface area (Å²) in [6, 6.07) is 5.66. The number of aromatic carboxylic acids is 1. The van der Waals surface area contributed by atoms with E-state index in [1.165, 1.54) is 0 Å². The van der Waals surface area contributed by atoms with Crippen LogP contribution in [0, 0.1) is 0 Å². The molecule has 1 aromatic carbocycles. The second kappa shape index (κ2) is 8.12. The Labute approximate surface area is 154 Å². The highest BCUT2D eigenvalue weighted by Crippen LogP contribution is 2.39. The lowest BCUT2D eigenvalue weighted by Crippen LogP contribution is -2.52. The van der Waals surface area contributed by atoms with Crippen molar-refractivity contribution in [2.24, 2.45) is 0 Å². The second-order valence-electron chi connectivity index (χ2n) is 7.35. The lowest BCUT2D eigenvalue weighted by Gasteiger charge is -2.35. The van der Waals surface area contributed by atoms with E-state index >= 15 is 0 Å². The van der Waals surface area contributed by atoms with Crippen LogP contribution >= 0.6 is 11.8 Å². The van der Waals surface area contributed by atoms with Gasteiger partial charge in [-0.25, -0.2) is 4.79 Å². The molecule has 138 valence electrons. The topological polar surface area (TPSA) is 70.0 Å². The third-order valence-corrected chi connectivity index (χ3v) is 6.06. The van der Waals surface area contributed by atoms with Crippen molar-refractivity contribution < 1.29 is 19.7 Å². The van der Waals surface area contributed by atoms with E-state index in [0.29, 0.717) is 18.8 Å². The zero-order valence-corrected chi connectivity index (χ0v) is 16.5. The maximum Gasteiger partial charge on any atom is 0.377 e. The predicted molar refractivity (Wildman–Crippen MR) is 103 cm³/mol. The van der Waals surface area contributed by atoms with Crippen LogP contribution in [0.3, 0.4) is 0 Å². The molecule has 1 saturated heterocycles. The predicted octanol–water partition coefficient (Wildman–Crippen LogP) is 3.29. The molecule has 1 aliphatic rings. The molecule has 0 amide bonds. The average Bonchev–Trinajstić information content (AvgIpc) is 2.81. The maximum absolute atomic E-state index is 11.5. The van der Waals surface area contributed by atoms with Crippen LogP contribution in [0.4, 0.5) is 0 Å². The van der Waals surface area contributed by atoms with Gasteiger partial charge in [0.1, 0.15) is 0 Å². The molecule has 1 atom stereocenters. The van der Waals surface area contributed by atoms with Crippen LogP contribution in [0.15, 0.2) is 18.2 Å². The molecule has 0 saturated carbocycles. The zero-order valence-electron chi connectivity index (χ0n) is 15.7. The third kappa shape index (κ3) is 4.79. The van der Waals surface area contributed by atoms with Crippen molar-refractivity contribution in [1.82, 2.24) is 4.81 Å². The van der Waals surface area contributed by atoms with Crippen molar-refractivity contribution in [3.05, 3.63) is 34.9 Å². The van der Waals surface area contributed by atoms with Crippen LogP contribution in [-0.4, -0.2) is 51.2 Å². The van der Waals surface area contributed by atoms with Gasteiger partial charge in [0.25, 0.3) is 0 Å². The van der Waals surface area contributed by atoms with E-state index in [-0.39, 0.29) is 16.8 Å². The van der Waals surface area contributed by atoms with Gasteiger partial charge in [-0.15, -0.1) is 11.8 Å². The van der Waals surface area contributed by atoms with Crippen LogP contribution in [-0.2, 0) is 11.3 Å². The van der Waals surface area contributed by atoms with Gasteiger partial charge in [-0.3, -0.25) is 4.81 Å². The Kier molecular flexibility index (Phi) is 6.59. The van der Waals surface area contributed by atoms with Crippen LogP contribution in [0.25, 0.3) is 0 Å². The van der Waals surface area contributed by atoms with Gasteiger partial charge in [-0.05, 0) is 43.8 Å². The van der Waals surface area contributed by atoms with Gasteiger partial charge >= 0.3 is 13.0 Å². The first-order valence-corrected chi connectivity index (χ1v) is 9.66. The summed E-state index contributed by atoms with van der Waals surface area (Å²) in [6.07, 6.45) is 0. The molecule has 1 aliphatic heterocycles. The maximum atomic E-state index is 11.5. The van der Waals surface area contributed by atoms with Gasteiger partial charge in [0.05, 0.1) is 23.6 Å². The van der Waals surface area contributed by atoms with E-state index in [9.17, 15) is 14.9 Å². The highest BCUT2D eigenvalue weighted by Gasteiger charge is 2.43. The minimum atomic E-state index is -0.903. The van der Waals surface area contributed by atoms with E-state index in [4.69, 9.17) is 4.74 Å². The molecule has 1 aromatic rings. The first-order chi connectivity index (χ1) is 11.6. The quantitative estimate of drug-likeness (QED) is 0.723. The van der Waals surface area contributed by atoms with Crippen LogP contribution in [0.2, 0.25) is 6.82 Å². The summed E-state index contributed by atoms with van der Waals surface area (Å²) in [5.74, 6) is 0.170. The number of rotatable bonds is 7. The molecule has 25 heavy (non-hydrogen) atoms.